The number of para-hydroxylation sites is 3. The van der Waals surface area contributed by atoms with Crippen LogP contribution in [0.15, 0.2) is 170 Å². The number of amides is 3. The van der Waals surface area contributed by atoms with Gasteiger partial charge in [-0.2, -0.15) is 0 Å². The summed E-state index contributed by atoms with van der Waals surface area (Å²) >= 11 is 1.58. The van der Waals surface area contributed by atoms with Gasteiger partial charge in [-0.25, -0.2) is 19.9 Å². The normalized spacial score (nSPS) is 14.3. The Balaban J connectivity index is 0.000000120. The number of nitrogens with one attached hydrogen (secondary N) is 6. The molecule has 6 N–H and O–H groups in total. The summed E-state index contributed by atoms with van der Waals surface area (Å²) in [6.45, 7) is 5.37. The molecular formula is C68H61N15O7S. The zero-order valence-electron chi connectivity index (χ0n) is 49.6. The number of methoxy groups -OCH3 is 2. The summed E-state index contributed by atoms with van der Waals surface area (Å²) in [5.41, 5.74) is 15.0. The first-order chi connectivity index (χ1) is 44.8. The minimum absolute atomic E-state index is 0.0726. The van der Waals surface area contributed by atoms with Gasteiger partial charge >= 0.3 is 0 Å². The molecule has 4 aliphatic rings. The van der Waals surface area contributed by atoms with E-state index in [2.05, 4.69) is 56.8 Å². The molecule has 91 heavy (non-hydrogen) atoms. The summed E-state index contributed by atoms with van der Waals surface area (Å²) in [5.74, 6) is 1.19. The van der Waals surface area contributed by atoms with Crippen molar-refractivity contribution >= 4 is 95.5 Å². The van der Waals surface area contributed by atoms with Crippen LogP contribution in [0, 0.1) is 0 Å². The Hall–Kier alpha value is -11.2. The van der Waals surface area contributed by atoms with Crippen LogP contribution in [-0.2, 0) is 24.4 Å². The second-order valence-electron chi connectivity index (χ2n) is 21.7. The molecule has 0 aliphatic carbocycles. The van der Waals surface area contributed by atoms with E-state index in [4.69, 9.17) is 23.9 Å². The molecule has 0 bridgehead atoms. The van der Waals surface area contributed by atoms with Crippen LogP contribution in [0.25, 0.3) is 65.8 Å². The molecule has 1 fully saturated rings. The SMILES string of the molecule is COc1cc2nccc(-c3cn4c(c3Nc3ccccc3)C(=O)NCC4)c2nc1OC.O=C1NCCn2cc(-c3ccnc4ccc(OC5CCOCC5)nc34)c(Nc3ccccc3)c21.O=C1NCCn2cc(-c3ncnc4sccc34)c(Nc3ccccc3)c21. The number of benzene rings is 3. The van der Waals surface area contributed by atoms with E-state index in [9.17, 15) is 14.4 Å². The van der Waals surface area contributed by atoms with Gasteiger partial charge in [0.25, 0.3) is 23.6 Å². The molecule has 0 saturated carbocycles. The van der Waals surface area contributed by atoms with Crippen molar-refractivity contribution in [1.29, 1.82) is 0 Å². The quantitative estimate of drug-likeness (QED) is 0.0628. The van der Waals surface area contributed by atoms with Crippen LogP contribution >= 0.6 is 11.3 Å². The molecule has 23 heteroatoms. The minimum Gasteiger partial charge on any atom is -0.491 e. The van der Waals surface area contributed by atoms with Crippen molar-refractivity contribution < 1.29 is 33.3 Å². The molecule has 0 spiro atoms. The number of hydrogen-bond acceptors (Lipinski definition) is 17. The molecule has 456 valence electrons. The van der Waals surface area contributed by atoms with E-state index < -0.39 is 0 Å². The Morgan fingerprint density at radius 1 is 0.538 bits per heavy atom. The van der Waals surface area contributed by atoms with Gasteiger partial charge < -0.3 is 64.5 Å². The molecular weight excluding hydrogens is 1170 g/mol. The fraction of sp³-hybridized carbons (Fsp3) is 0.191. The van der Waals surface area contributed by atoms with Crippen molar-refractivity contribution in [3.63, 3.8) is 0 Å². The van der Waals surface area contributed by atoms with Crippen LogP contribution < -0.4 is 46.1 Å². The average molecular weight is 1230 g/mol. The summed E-state index contributed by atoms with van der Waals surface area (Å²) in [6, 6.07) is 41.0. The van der Waals surface area contributed by atoms with Crippen molar-refractivity contribution in [2.75, 3.05) is 63.0 Å². The van der Waals surface area contributed by atoms with Crippen molar-refractivity contribution in [1.82, 2.24) is 59.6 Å². The third-order valence-corrected chi connectivity index (χ3v) is 16.9. The Morgan fingerprint density at radius 3 is 1.57 bits per heavy atom. The predicted molar refractivity (Wildman–Crippen MR) is 351 cm³/mol. The van der Waals surface area contributed by atoms with Gasteiger partial charge in [0.05, 0.1) is 61.2 Å². The lowest BCUT2D eigenvalue weighted by Crippen LogP contribution is -2.35. The lowest BCUT2D eigenvalue weighted by molar-refractivity contribution is 0.0238. The standard InChI is InChI=1S/C26H25N5O3.C23H21N5O3.C19H15N5OS/c32-26-25-24(29-17-4-2-1-3-5-17)20(16-31(25)13-12-28-26)19-8-11-27-21-6-7-22(30-23(19)21)34-18-9-14-33-15-10-18;1-30-18-12-17-19(27-23(18)31-2)15(8-9-24-17)16-13-28-11-10-25-22(29)21(28)20(16)26-14-6-4-3-5-7-14;25-18-17-16(23-12-4-2-1-3-5-12)14(10-24(17)8-7-20-18)15-13-6-9-26-19(13)22-11-21-15/h1-8,11,16,18,29H,9-10,12-15H2,(H,28,32);3-9,12-13,26H,10-11H2,1-2H3,(H,25,29);1-6,9-11,23H,7-8H2,(H,20,25). The van der Waals surface area contributed by atoms with Crippen molar-refractivity contribution in [2.45, 2.75) is 38.6 Å². The highest BCUT2D eigenvalue weighted by Crippen LogP contribution is 2.43. The number of ether oxygens (including phenoxy) is 4. The van der Waals surface area contributed by atoms with Crippen LogP contribution in [0.1, 0.15) is 44.3 Å². The van der Waals surface area contributed by atoms with E-state index in [1.165, 1.54) is 0 Å². The second kappa shape index (κ2) is 25.5. The maximum absolute atomic E-state index is 12.9. The first-order valence-corrected chi connectivity index (χ1v) is 30.7. The summed E-state index contributed by atoms with van der Waals surface area (Å²) in [5, 5.41) is 22.2. The number of fused-ring (bicyclic) bond motifs is 6. The highest BCUT2D eigenvalue weighted by Gasteiger charge is 2.31. The van der Waals surface area contributed by atoms with Crippen LogP contribution in [0.5, 0.6) is 17.5 Å². The molecule has 4 aliphatic heterocycles. The third-order valence-electron chi connectivity index (χ3n) is 16.1. The number of thiophene rings is 1. The molecule has 0 unspecified atom stereocenters. The Bertz CT molecular complexity index is 4680. The van der Waals surface area contributed by atoms with Gasteiger partial charge in [-0.3, -0.25) is 24.4 Å². The molecule has 22 nitrogen and oxygen atoms in total. The van der Waals surface area contributed by atoms with Crippen molar-refractivity contribution in [3.05, 3.63) is 187 Å². The number of pyridine rings is 4. The van der Waals surface area contributed by atoms with E-state index in [0.29, 0.717) is 91.6 Å². The summed E-state index contributed by atoms with van der Waals surface area (Å²) < 4.78 is 28.4. The average Bonchev–Trinajstić information content (AvgIpc) is 1.74. The van der Waals surface area contributed by atoms with Crippen LogP contribution in [-0.4, -0.2) is 114 Å². The Labute approximate surface area is 525 Å². The van der Waals surface area contributed by atoms with Gasteiger partial charge in [-0.15, -0.1) is 11.3 Å². The molecule has 16 rings (SSSR count). The topological polar surface area (TPSA) is 252 Å². The lowest BCUT2D eigenvalue weighted by atomic mass is 10.0. The Morgan fingerprint density at radius 2 is 1.04 bits per heavy atom. The molecule has 0 atom stereocenters. The number of rotatable bonds is 13. The van der Waals surface area contributed by atoms with Gasteiger partial charge in [-0.1, -0.05) is 54.6 Å². The number of nitrogens with zero attached hydrogens (tertiary/aromatic N) is 9. The maximum atomic E-state index is 12.9. The van der Waals surface area contributed by atoms with Gasteiger partial charge in [0.15, 0.2) is 5.75 Å². The van der Waals surface area contributed by atoms with Crippen molar-refractivity contribution in [3.8, 4) is 51.0 Å². The number of carbonyl (C=O) groups is 3. The third kappa shape index (κ3) is 11.7. The summed E-state index contributed by atoms with van der Waals surface area (Å²) in [6.07, 6.45) is 12.9. The molecule has 3 amide bonds. The lowest BCUT2D eigenvalue weighted by Gasteiger charge is -2.22. The minimum atomic E-state index is -0.110. The zero-order chi connectivity index (χ0) is 61.8. The van der Waals surface area contributed by atoms with Gasteiger partial charge in [-0.05, 0) is 66.0 Å². The van der Waals surface area contributed by atoms with E-state index in [-0.39, 0.29) is 23.8 Å². The number of hydrogen-bond donors (Lipinski definition) is 6. The molecule has 0 radical (unpaired) electrons. The highest BCUT2D eigenvalue weighted by molar-refractivity contribution is 7.16. The fourth-order valence-electron chi connectivity index (χ4n) is 11.8. The Kier molecular flexibility index (Phi) is 16.1. The molecule has 13 heterocycles. The van der Waals surface area contributed by atoms with Crippen LogP contribution in [0.2, 0.25) is 0 Å². The number of anilines is 6. The molecule has 9 aromatic heterocycles. The van der Waals surface area contributed by atoms with Gasteiger partial charge in [0.2, 0.25) is 5.88 Å². The van der Waals surface area contributed by atoms with Gasteiger partial charge in [0.1, 0.15) is 45.4 Å². The summed E-state index contributed by atoms with van der Waals surface area (Å²) in [4.78, 5) is 66.5. The van der Waals surface area contributed by atoms with E-state index in [0.717, 1.165) is 108 Å². The maximum Gasteiger partial charge on any atom is 0.270 e. The smallest absolute Gasteiger partial charge is 0.270 e. The van der Waals surface area contributed by atoms with E-state index in [1.54, 1.807) is 50.3 Å². The first kappa shape index (κ1) is 57.6. The second-order valence-corrected chi connectivity index (χ2v) is 22.6. The van der Waals surface area contributed by atoms with Crippen LogP contribution in [0.4, 0.5) is 34.1 Å². The predicted octanol–water partition coefficient (Wildman–Crippen LogP) is 11.4. The highest BCUT2D eigenvalue weighted by atomic mass is 32.1. The number of aromatic nitrogens is 9. The number of carbonyl (C=O) groups excluding carboxylic acids is 3. The monoisotopic (exact) mass is 1230 g/mol. The van der Waals surface area contributed by atoms with E-state index in [1.807, 2.05) is 159 Å². The fourth-order valence-corrected chi connectivity index (χ4v) is 12.6. The molecule has 3 aromatic carbocycles. The van der Waals surface area contributed by atoms with Gasteiger partial charge in [0, 0.05) is 145 Å². The molecule has 1 saturated heterocycles. The molecule has 12 aromatic rings. The zero-order valence-corrected chi connectivity index (χ0v) is 50.4. The largest absolute Gasteiger partial charge is 0.491 e. The van der Waals surface area contributed by atoms with Crippen LogP contribution in [0.3, 0.4) is 0 Å². The van der Waals surface area contributed by atoms with E-state index >= 15 is 0 Å². The summed E-state index contributed by atoms with van der Waals surface area (Å²) in [7, 11) is 3.12. The first-order valence-electron chi connectivity index (χ1n) is 29.8. The van der Waals surface area contributed by atoms with Crippen molar-refractivity contribution in [2.24, 2.45) is 0 Å².